The molecule has 1 aromatic carbocycles. The lowest BCUT2D eigenvalue weighted by atomic mass is 10.0. The Bertz CT molecular complexity index is 536. The molecule has 0 heterocycles. The fourth-order valence-electron chi connectivity index (χ4n) is 1.83. The molecule has 0 atom stereocenters. The van der Waals surface area contributed by atoms with Crippen LogP contribution in [0.2, 0.25) is 0 Å². The summed E-state index contributed by atoms with van der Waals surface area (Å²) >= 11 is 0. The van der Waals surface area contributed by atoms with Gasteiger partial charge >= 0.3 is 11.8 Å². The molecule has 6 heteroatoms. The third kappa shape index (κ3) is 5.95. The van der Waals surface area contributed by atoms with Gasteiger partial charge in [0.2, 0.25) is 0 Å². The molecular formula is C16H23N3O3. The summed E-state index contributed by atoms with van der Waals surface area (Å²) in [6.45, 7) is 7.72. The maximum Gasteiger partial charge on any atom is 0.327 e. The number of amides is 3. The van der Waals surface area contributed by atoms with Gasteiger partial charge in [-0.1, -0.05) is 26.0 Å². The smallest absolute Gasteiger partial charge is 0.327 e. The predicted octanol–water partition coefficient (Wildman–Crippen LogP) is 1.17. The van der Waals surface area contributed by atoms with Crippen molar-refractivity contribution in [1.82, 2.24) is 16.2 Å². The van der Waals surface area contributed by atoms with Crippen LogP contribution < -0.4 is 16.2 Å². The van der Waals surface area contributed by atoms with Crippen molar-refractivity contribution in [2.45, 2.75) is 40.2 Å². The highest BCUT2D eigenvalue weighted by molar-refractivity contribution is 6.35. The highest BCUT2D eigenvalue weighted by atomic mass is 16.2. The summed E-state index contributed by atoms with van der Waals surface area (Å²) in [5.74, 6) is -1.62. The second-order valence-electron chi connectivity index (χ2n) is 5.83. The number of nitrogens with one attached hydrogen (secondary N) is 3. The molecule has 0 aromatic heterocycles. The molecule has 0 unspecified atom stereocenters. The second-order valence-corrected chi connectivity index (χ2v) is 5.83. The van der Waals surface area contributed by atoms with E-state index in [1.807, 2.05) is 12.1 Å². The molecule has 120 valence electrons. The molecule has 0 spiro atoms. The maximum absolute atomic E-state index is 11.9. The second kappa shape index (κ2) is 8.17. The number of benzene rings is 1. The van der Waals surface area contributed by atoms with Crippen LogP contribution in [0, 0.1) is 5.92 Å². The minimum absolute atomic E-state index is 0.151. The first-order valence-electron chi connectivity index (χ1n) is 7.29. The Morgan fingerprint density at radius 3 is 2.00 bits per heavy atom. The van der Waals surface area contributed by atoms with Crippen molar-refractivity contribution < 1.29 is 14.4 Å². The Kier molecular flexibility index (Phi) is 6.56. The molecule has 0 aliphatic rings. The highest BCUT2D eigenvalue weighted by Gasteiger charge is 2.15. The highest BCUT2D eigenvalue weighted by Crippen LogP contribution is 2.09. The quantitative estimate of drug-likeness (QED) is 0.576. The Hall–Kier alpha value is -2.37. The zero-order valence-corrected chi connectivity index (χ0v) is 13.4. The third-order valence-corrected chi connectivity index (χ3v) is 2.78. The molecule has 22 heavy (non-hydrogen) atoms. The molecule has 3 amide bonds. The van der Waals surface area contributed by atoms with E-state index in [9.17, 15) is 14.4 Å². The monoisotopic (exact) mass is 305 g/mol. The number of hydrogen-bond donors (Lipinski definition) is 3. The zero-order chi connectivity index (χ0) is 16.7. The fraction of sp³-hybridized carbons (Fsp3) is 0.438. The van der Waals surface area contributed by atoms with E-state index in [1.165, 1.54) is 0 Å². The summed E-state index contributed by atoms with van der Waals surface area (Å²) < 4.78 is 0. The van der Waals surface area contributed by atoms with E-state index in [1.54, 1.807) is 26.0 Å². The number of hydrazine groups is 1. The molecule has 0 aliphatic carbocycles. The number of carbonyl (C=O) groups excluding carboxylic acids is 3. The average Bonchev–Trinajstić information content (AvgIpc) is 2.43. The van der Waals surface area contributed by atoms with Crippen molar-refractivity contribution in [1.29, 1.82) is 0 Å². The first kappa shape index (κ1) is 17.7. The number of carbonyl (C=O) groups is 3. The van der Waals surface area contributed by atoms with Gasteiger partial charge in [0, 0.05) is 11.6 Å². The minimum atomic E-state index is -0.904. The minimum Gasteiger partial charge on any atom is -0.346 e. The lowest BCUT2D eigenvalue weighted by Crippen LogP contribution is -2.49. The van der Waals surface area contributed by atoms with Crippen molar-refractivity contribution in [3.63, 3.8) is 0 Å². The fourth-order valence-corrected chi connectivity index (χ4v) is 1.83. The van der Waals surface area contributed by atoms with Crippen LogP contribution in [0.1, 0.15) is 43.6 Å². The number of rotatable bonds is 4. The van der Waals surface area contributed by atoms with E-state index in [-0.39, 0.29) is 6.04 Å². The van der Waals surface area contributed by atoms with E-state index in [0.29, 0.717) is 11.5 Å². The summed E-state index contributed by atoms with van der Waals surface area (Å²) in [5.41, 5.74) is 5.86. The van der Waals surface area contributed by atoms with Gasteiger partial charge in [-0.25, -0.2) is 0 Å². The van der Waals surface area contributed by atoms with Crippen molar-refractivity contribution in [2.75, 3.05) is 0 Å². The van der Waals surface area contributed by atoms with Crippen molar-refractivity contribution in [2.24, 2.45) is 5.92 Å². The maximum atomic E-state index is 11.9. The Balaban J connectivity index is 2.51. The van der Waals surface area contributed by atoms with Gasteiger partial charge in [-0.2, -0.15) is 0 Å². The SMILES string of the molecule is CC(C)Cc1ccc(C(=O)NNC(=O)C(=O)NC(C)C)cc1. The van der Waals surface area contributed by atoms with Crippen molar-refractivity contribution in [3.05, 3.63) is 35.4 Å². The van der Waals surface area contributed by atoms with Crippen LogP contribution in [0.15, 0.2) is 24.3 Å². The summed E-state index contributed by atoms with van der Waals surface area (Å²) in [5, 5.41) is 2.43. The van der Waals surface area contributed by atoms with Crippen LogP contribution in [0.5, 0.6) is 0 Å². The van der Waals surface area contributed by atoms with Crippen LogP contribution in [-0.2, 0) is 16.0 Å². The lowest BCUT2D eigenvalue weighted by Gasteiger charge is -2.10. The third-order valence-electron chi connectivity index (χ3n) is 2.78. The zero-order valence-electron chi connectivity index (χ0n) is 13.4. The Morgan fingerprint density at radius 1 is 0.909 bits per heavy atom. The molecule has 0 saturated heterocycles. The normalized spacial score (nSPS) is 10.5. The van der Waals surface area contributed by atoms with Gasteiger partial charge in [0.1, 0.15) is 0 Å². The van der Waals surface area contributed by atoms with Gasteiger partial charge in [-0.05, 0) is 43.9 Å². The summed E-state index contributed by atoms with van der Waals surface area (Å²) in [7, 11) is 0. The lowest BCUT2D eigenvalue weighted by molar-refractivity contribution is -0.139. The first-order chi connectivity index (χ1) is 10.3. The molecule has 0 radical (unpaired) electrons. The Labute approximate surface area is 130 Å². The molecule has 0 bridgehead atoms. The topological polar surface area (TPSA) is 87.3 Å². The predicted molar refractivity (Wildman–Crippen MR) is 83.9 cm³/mol. The average molecular weight is 305 g/mol. The molecule has 0 aliphatic heterocycles. The van der Waals surface area contributed by atoms with Gasteiger partial charge in [0.25, 0.3) is 5.91 Å². The molecule has 1 rings (SSSR count). The van der Waals surface area contributed by atoms with Gasteiger partial charge in [-0.15, -0.1) is 0 Å². The largest absolute Gasteiger partial charge is 0.346 e. The van der Waals surface area contributed by atoms with Crippen molar-refractivity contribution >= 4 is 17.7 Å². The van der Waals surface area contributed by atoms with E-state index >= 15 is 0 Å². The van der Waals surface area contributed by atoms with Crippen LogP contribution in [0.25, 0.3) is 0 Å². The summed E-state index contributed by atoms with van der Waals surface area (Å²) in [6, 6.07) is 6.98. The van der Waals surface area contributed by atoms with Gasteiger partial charge < -0.3 is 5.32 Å². The van der Waals surface area contributed by atoms with Crippen LogP contribution in [-0.4, -0.2) is 23.8 Å². The summed E-state index contributed by atoms with van der Waals surface area (Å²) in [4.78, 5) is 34.7. The van der Waals surface area contributed by atoms with E-state index in [4.69, 9.17) is 0 Å². The van der Waals surface area contributed by atoms with Crippen LogP contribution in [0.3, 0.4) is 0 Å². The van der Waals surface area contributed by atoms with Gasteiger partial charge in [-0.3, -0.25) is 25.2 Å². The van der Waals surface area contributed by atoms with E-state index < -0.39 is 17.7 Å². The molecular weight excluding hydrogens is 282 g/mol. The standard InChI is InChI=1S/C16H23N3O3/c1-10(2)9-12-5-7-13(8-6-12)14(20)18-19-16(22)15(21)17-11(3)4/h5-8,10-11H,9H2,1-4H3,(H,17,21)(H,18,20)(H,19,22). The van der Waals surface area contributed by atoms with Crippen LogP contribution >= 0.6 is 0 Å². The summed E-state index contributed by atoms with van der Waals surface area (Å²) in [6.07, 6.45) is 0.939. The first-order valence-corrected chi connectivity index (χ1v) is 7.29. The van der Waals surface area contributed by atoms with Crippen LogP contribution in [0.4, 0.5) is 0 Å². The van der Waals surface area contributed by atoms with E-state index in [2.05, 4.69) is 30.0 Å². The molecule has 0 fully saturated rings. The molecule has 0 saturated carbocycles. The molecule has 1 aromatic rings. The molecule has 6 nitrogen and oxygen atoms in total. The van der Waals surface area contributed by atoms with Crippen molar-refractivity contribution in [3.8, 4) is 0 Å². The molecule has 3 N–H and O–H groups in total. The number of hydrogen-bond acceptors (Lipinski definition) is 3. The Morgan fingerprint density at radius 2 is 1.50 bits per heavy atom. The van der Waals surface area contributed by atoms with Gasteiger partial charge in [0.15, 0.2) is 0 Å². The van der Waals surface area contributed by atoms with Gasteiger partial charge in [0.05, 0.1) is 0 Å². The van der Waals surface area contributed by atoms with E-state index in [0.717, 1.165) is 12.0 Å².